The molecule has 1 aromatic carbocycles. The Kier molecular flexibility index (Phi) is 13.0. The number of benzene rings is 1. The van der Waals surface area contributed by atoms with E-state index >= 15 is 0 Å². The summed E-state index contributed by atoms with van der Waals surface area (Å²) < 4.78 is 16.4. The molecule has 0 bridgehead atoms. The van der Waals surface area contributed by atoms with Gasteiger partial charge in [0.2, 0.25) is 0 Å². The van der Waals surface area contributed by atoms with Gasteiger partial charge < -0.3 is 24.4 Å². The Balaban J connectivity index is 0.00000420. The lowest BCUT2D eigenvalue weighted by Gasteiger charge is -2.29. The van der Waals surface area contributed by atoms with E-state index in [4.69, 9.17) is 19.2 Å². The molecule has 7 nitrogen and oxygen atoms in total. The van der Waals surface area contributed by atoms with Crippen LogP contribution >= 0.6 is 24.0 Å². The topological polar surface area (TPSA) is 58.6 Å². The van der Waals surface area contributed by atoms with Crippen molar-refractivity contribution >= 4 is 29.9 Å². The van der Waals surface area contributed by atoms with E-state index in [2.05, 4.69) is 29.0 Å². The smallest absolute Gasteiger partial charge is 0.193 e. The molecular formula is C21H37IN4O3. The molecule has 1 N–H and O–H groups in total. The van der Waals surface area contributed by atoms with Gasteiger partial charge in [-0.3, -0.25) is 9.89 Å². The molecule has 8 heteroatoms. The third kappa shape index (κ3) is 9.86. The molecule has 1 aliphatic rings. The van der Waals surface area contributed by atoms with Gasteiger partial charge in [0.15, 0.2) is 5.96 Å². The first kappa shape index (κ1) is 25.8. The second-order valence-corrected chi connectivity index (χ2v) is 7.16. The number of halogens is 1. The van der Waals surface area contributed by atoms with Crippen molar-refractivity contribution in [1.29, 1.82) is 0 Å². The van der Waals surface area contributed by atoms with Crippen LogP contribution in [0, 0.1) is 5.92 Å². The van der Waals surface area contributed by atoms with Crippen LogP contribution in [0.1, 0.15) is 13.8 Å². The van der Waals surface area contributed by atoms with Crippen molar-refractivity contribution in [2.24, 2.45) is 10.9 Å². The zero-order valence-electron chi connectivity index (χ0n) is 18.2. The molecule has 0 amide bonds. The van der Waals surface area contributed by atoms with Gasteiger partial charge in [-0.1, -0.05) is 6.92 Å². The first-order valence-electron chi connectivity index (χ1n) is 10.2. The lowest BCUT2D eigenvalue weighted by molar-refractivity contribution is 0.0323. The number of hydrogen-bond acceptors (Lipinski definition) is 5. The summed E-state index contributed by atoms with van der Waals surface area (Å²) in [4.78, 5) is 9.41. The largest absolute Gasteiger partial charge is 0.497 e. The standard InChI is InChI=1S/C21H36N4O3.HI/c1-5-22-21(23-16-18(2)17-25-11-13-27-14-12-25)24(3)10-15-28-20-8-6-19(26-4)7-9-20;/h6-9,18H,5,10-17H2,1-4H3,(H,22,23);1H. The predicted octanol–water partition coefficient (Wildman–Crippen LogP) is 2.56. The summed E-state index contributed by atoms with van der Waals surface area (Å²) in [7, 11) is 3.71. The van der Waals surface area contributed by atoms with Gasteiger partial charge in [-0.25, -0.2) is 0 Å². The molecule has 166 valence electrons. The molecule has 0 radical (unpaired) electrons. The Labute approximate surface area is 192 Å². The summed E-state index contributed by atoms with van der Waals surface area (Å²) in [6.07, 6.45) is 0. The molecule has 2 rings (SSSR count). The third-order valence-electron chi connectivity index (χ3n) is 4.68. The average molecular weight is 520 g/mol. The van der Waals surface area contributed by atoms with Crippen molar-refractivity contribution in [2.45, 2.75) is 13.8 Å². The molecule has 1 fully saturated rings. The monoisotopic (exact) mass is 520 g/mol. The first-order valence-corrected chi connectivity index (χ1v) is 10.2. The van der Waals surface area contributed by atoms with Crippen molar-refractivity contribution in [3.63, 3.8) is 0 Å². The van der Waals surface area contributed by atoms with E-state index in [0.29, 0.717) is 12.5 Å². The summed E-state index contributed by atoms with van der Waals surface area (Å²) in [5.41, 5.74) is 0. The van der Waals surface area contributed by atoms with Gasteiger partial charge in [0.1, 0.15) is 18.1 Å². The van der Waals surface area contributed by atoms with E-state index in [9.17, 15) is 0 Å². The van der Waals surface area contributed by atoms with Gasteiger partial charge in [-0.05, 0) is 37.1 Å². The maximum absolute atomic E-state index is 5.83. The van der Waals surface area contributed by atoms with E-state index in [1.54, 1.807) is 7.11 Å². The van der Waals surface area contributed by atoms with E-state index in [1.807, 2.05) is 31.3 Å². The van der Waals surface area contributed by atoms with Gasteiger partial charge >= 0.3 is 0 Å². The van der Waals surface area contributed by atoms with Crippen LogP contribution in [-0.2, 0) is 4.74 Å². The van der Waals surface area contributed by atoms with Crippen LogP contribution < -0.4 is 14.8 Å². The van der Waals surface area contributed by atoms with Crippen molar-refractivity contribution in [2.75, 3.05) is 73.2 Å². The van der Waals surface area contributed by atoms with Gasteiger partial charge in [-0.15, -0.1) is 24.0 Å². The van der Waals surface area contributed by atoms with Crippen LogP contribution in [0.2, 0.25) is 0 Å². The predicted molar refractivity (Wildman–Crippen MR) is 129 cm³/mol. The highest BCUT2D eigenvalue weighted by atomic mass is 127. The Morgan fingerprint density at radius 2 is 1.90 bits per heavy atom. The number of rotatable bonds is 10. The van der Waals surface area contributed by atoms with Crippen molar-refractivity contribution in [1.82, 2.24) is 15.1 Å². The van der Waals surface area contributed by atoms with E-state index < -0.39 is 0 Å². The lowest BCUT2D eigenvalue weighted by Crippen LogP contribution is -2.42. The summed E-state index contributed by atoms with van der Waals surface area (Å²) in [5, 5.41) is 3.38. The Bertz CT molecular complexity index is 580. The number of hydrogen-bond donors (Lipinski definition) is 1. The van der Waals surface area contributed by atoms with Gasteiger partial charge in [0.25, 0.3) is 0 Å². The summed E-state index contributed by atoms with van der Waals surface area (Å²) in [5.74, 6) is 3.11. The number of aliphatic imine (C=N–C) groups is 1. The van der Waals surface area contributed by atoms with E-state index in [0.717, 1.165) is 69.9 Å². The minimum atomic E-state index is 0. The highest BCUT2D eigenvalue weighted by molar-refractivity contribution is 14.0. The Morgan fingerprint density at radius 1 is 1.24 bits per heavy atom. The number of nitrogens with one attached hydrogen (secondary N) is 1. The summed E-state index contributed by atoms with van der Waals surface area (Å²) in [6, 6.07) is 7.65. The molecule has 1 saturated heterocycles. The minimum Gasteiger partial charge on any atom is -0.497 e. The van der Waals surface area contributed by atoms with Crippen LogP contribution in [0.15, 0.2) is 29.3 Å². The van der Waals surface area contributed by atoms with E-state index in [1.165, 1.54) is 0 Å². The molecule has 1 aromatic rings. The molecule has 1 unspecified atom stereocenters. The minimum absolute atomic E-state index is 0. The van der Waals surface area contributed by atoms with Gasteiger partial charge in [-0.2, -0.15) is 0 Å². The summed E-state index contributed by atoms with van der Waals surface area (Å²) >= 11 is 0. The van der Waals surface area contributed by atoms with Crippen LogP contribution in [-0.4, -0.2) is 89.0 Å². The fourth-order valence-corrected chi connectivity index (χ4v) is 3.07. The zero-order valence-corrected chi connectivity index (χ0v) is 20.6. The fourth-order valence-electron chi connectivity index (χ4n) is 3.07. The van der Waals surface area contributed by atoms with Crippen LogP contribution in [0.3, 0.4) is 0 Å². The first-order chi connectivity index (χ1) is 13.6. The van der Waals surface area contributed by atoms with Crippen LogP contribution in [0.25, 0.3) is 0 Å². The highest BCUT2D eigenvalue weighted by Crippen LogP contribution is 2.16. The molecule has 1 aliphatic heterocycles. The SMILES string of the molecule is CCNC(=NCC(C)CN1CCOCC1)N(C)CCOc1ccc(OC)cc1.I. The van der Waals surface area contributed by atoms with Crippen molar-refractivity contribution in [3.05, 3.63) is 24.3 Å². The highest BCUT2D eigenvalue weighted by Gasteiger charge is 2.14. The zero-order chi connectivity index (χ0) is 20.2. The molecular weight excluding hydrogens is 483 g/mol. The molecule has 1 heterocycles. The number of morpholine rings is 1. The van der Waals surface area contributed by atoms with Crippen molar-refractivity contribution < 1.29 is 14.2 Å². The maximum atomic E-state index is 5.83. The molecule has 0 saturated carbocycles. The molecule has 0 spiro atoms. The Hall–Kier alpha value is -1.26. The fraction of sp³-hybridized carbons (Fsp3) is 0.667. The molecule has 1 atom stereocenters. The number of methoxy groups -OCH3 is 1. The summed E-state index contributed by atoms with van der Waals surface area (Å²) in [6.45, 7) is 12.2. The average Bonchev–Trinajstić information content (AvgIpc) is 2.72. The second-order valence-electron chi connectivity index (χ2n) is 7.16. The van der Waals surface area contributed by atoms with Gasteiger partial charge in [0, 0.05) is 39.8 Å². The Morgan fingerprint density at radius 3 is 2.52 bits per heavy atom. The molecule has 29 heavy (non-hydrogen) atoms. The van der Waals surface area contributed by atoms with Crippen LogP contribution in [0.4, 0.5) is 0 Å². The van der Waals surface area contributed by atoms with E-state index in [-0.39, 0.29) is 24.0 Å². The maximum Gasteiger partial charge on any atom is 0.193 e. The van der Waals surface area contributed by atoms with Gasteiger partial charge in [0.05, 0.1) is 26.9 Å². The molecule has 0 aromatic heterocycles. The number of likely N-dealkylation sites (N-methyl/N-ethyl adjacent to an activating group) is 1. The lowest BCUT2D eigenvalue weighted by atomic mass is 10.1. The number of nitrogens with zero attached hydrogens (tertiary/aromatic N) is 3. The quantitative estimate of drug-likeness (QED) is 0.291. The van der Waals surface area contributed by atoms with Crippen molar-refractivity contribution in [3.8, 4) is 11.5 Å². The normalized spacial score (nSPS) is 15.9. The number of ether oxygens (including phenoxy) is 3. The number of guanidine groups is 1. The second kappa shape index (κ2) is 14.7. The third-order valence-corrected chi connectivity index (χ3v) is 4.68. The molecule has 0 aliphatic carbocycles. The van der Waals surface area contributed by atoms with Crippen LogP contribution in [0.5, 0.6) is 11.5 Å².